The van der Waals surface area contributed by atoms with Crippen molar-refractivity contribution in [2.45, 2.75) is 86.3 Å². The number of amides is 1. The quantitative estimate of drug-likeness (QED) is 0.0309. The van der Waals surface area contributed by atoms with Crippen LogP contribution in [-0.2, 0) is 65.9 Å². The average Bonchev–Trinajstić information content (AvgIpc) is 4.25. The molecule has 7 heterocycles. The molecule has 3 unspecified atom stereocenters. The number of imidazole rings is 1. The molecule has 4 aromatic heterocycles. The van der Waals surface area contributed by atoms with E-state index in [1.54, 1.807) is 30.3 Å². The summed E-state index contributed by atoms with van der Waals surface area (Å²) < 4.78 is 86.2. The molecule has 14 N–H and O–H groups in total. The van der Waals surface area contributed by atoms with Gasteiger partial charge in [0.1, 0.15) is 66.6 Å². The largest absolute Gasteiger partial charge is 0.472 e. The van der Waals surface area contributed by atoms with Gasteiger partial charge < -0.3 is 66.1 Å². The summed E-state index contributed by atoms with van der Waals surface area (Å²) in [5.41, 5.74) is 8.59. The predicted molar refractivity (Wildman–Crippen MR) is 262 cm³/mol. The number of phosphoric ester groups is 2. The monoisotopic (exact) mass is 1180 g/mol. The van der Waals surface area contributed by atoms with Crippen molar-refractivity contribution in [3.8, 4) is 0 Å². The van der Waals surface area contributed by atoms with Gasteiger partial charge in [-0.3, -0.25) is 55.7 Å². The number of rotatable bonds is 22. The van der Waals surface area contributed by atoms with Gasteiger partial charge in [-0.1, -0.05) is 42.1 Å². The number of nitrogens with zero attached hydrogens (tertiary/aromatic N) is 7. The Labute approximate surface area is 440 Å². The van der Waals surface area contributed by atoms with Crippen molar-refractivity contribution in [2.75, 3.05) is 43.1 Å². The highest BCUT2D eigenvalue weighted by molar-refractivity contribution is 8.13. The lowest BCUT2D eigenvalue weighted by atomic mass is 10.1. The number of nitrogen functional groups attached to an aromatic ring is 2. The molecule has 3 aliphatic rings. The number of phosphoric acid groups is 2. The fourth-order valence-electron chi connectivity index (χ4n) is 8.01. The first-order chi connectivity index (χ1) is 36.8. The third kappa shape index (κ3) is 13.9. The van der Waals surface area contributed by atoms with E-state index in [1.165, 1.54) is 6.07 Å². The van der Waals surface area contributed by atoms with Gasteiger partial charge in [0.15, 0.2) is 29.8 Å². The standard InChI is InChI=1S/C39H49N12O23P3S/c1-17(52)44-23-8-10-50(39(60)46-23)34-27(55)26(54)19(70-34)12-68-76(63,64)74-31-21(71-35(28(31)56)49-9-7-22(40)45-38(49)59)14-69-77(65,66)73-30-20(13-67-75(61,62)43-11-24(53)78-15-18-5-3-2-4-6-18)72-36(29(30)57)51-16-42-25-32(51)47-37(41)48-33(25)58/h2-10,16,19-21,26-31,34-36,54-57H,11-15H2,1H3,(H,63,64)(H,65,66)(H2,40,45,59)(H2,43,61,62)(H3,41,47,48,58)(H,44,46,52,60)/t19-,20-,21-,26-,27-,28-,29-,30-,31-,34-,35-,36-/m1/s1. The van der Waals surface area contributed by atoms with Crippen molar-refractivity contribution in [3.05, 3.63) is 98.1 Å². The zero-order valence-corrected chi connectivity index (χ0v) is 43.4. The Morgan fingerprint density at radius 1 is 0.731 bits per heavy atom. The Hall–Kier alpha value is -5.53. The Morgan fingerprint density at radius 3 is 1.88 bits per heavy atom. The molecule has 0 radical (unpaired) electrons. The Morgan fingerprint density at radius 2 is 1.28 bits per heavy atom. The first-order valence-corrected chi connectivity index (χ1v) is 28.2. The number of anilines is 3. The topological polar surface area (TPSA) is 510 Å². The van der Waals surface area contributed by atoms with Crippen molar-refractivity contribution < 1.29 is 95.2 Å². The van der Waals surface area contributed by atoms with Gasteiger partial charge in [0, 0.05) is 25.1 Å². The second-order valence-electron chi connectivity index (χ2n) is 17.1. The molecule has 39 heteroatoms. The molecule has 424 valence electrons. The predicted octanol–water partition coefficient (Wildman–Crippen LogP) is -2.94. The van der Waals surface area contributed by atoms with Crippen LogP contribution >= 0.6 is 35.2 Å². The molecular weight excluding hydrogens is 1130 g/mol. The molecule has 0 aliphatic carbocycles. The van der Waals surface area contributed by atoms with Crippen molar-refractivity contribution in [2.24, 2.45) is 0 Å². The van der Waals surface area contributed by atoms with E-state index in [0.29, 0.717) is 4.57 Å². The number of thioether (sulfide) groups is 1. The number of aliphatic hydroxyl groups is 4. The lowest BCUT2D eigenvalue weighted by molar-refractivity contribution is -0.114. The van der Waals surface area contributed by atoms with Gasteiger partial charge in [-0.25, -0.2) is 33.4 Å². The van der Waals surface area contributed by atoms with Gasteiger partial charge >= 0.3 is 34.8 Å². The smallest absolute Gasteiger partial charge is 0.387 e. The van der Waals surface area contributed by atoms with Gasteiger partial charge in [0.2, 0.25) is 17.0 Å². The third-order valence-electron chi connectivity index (χ3n) is 11.6. The number of aliphatic hydroxyl groups excluding tert-OH is 4. The molecule has 0 spiro atoms. The Kier molecular flexibility index (Phi) is 18.1. The highest BCUT2D eigenvalue weighted by Gasteiger charge is 2.53. The fourth-order valence-corrected chi connectivity index (χ4v) is 11.5. The summed E-state index contributed by atoms with van der Waals surface area (Å²) >= 11 is 0.835. The summed E-state index contributed by atoms with van der Waals surface area (Å²) in [6, 6.07) is 11.1. The summed E-state index contributed by atoms with van der Waals surface area (Å²) in [6.07, 6.45) is -19.8. The SMILES string of the molecule is CC(=O)Nc1ccn([C@@H]2O[C@H](COP(=O)(O)O[C@H]3[C@@H](O)[C@H](n4ccc(N)nc4=O)O[C@@H]3COP(=O)(O)O[C@H]3[C@@H](O)[C@H](n4cnc5c(=O)[nH]c(N)nc54)O[C@@H]3COP(=O)(O)NCC(=O)SCc3ccccc3)[C@@H](O)[C@H]2O)c(=O)n1. The lowest BCUT2D eigenvalue weighted by Gasteiger charge is -2.26. The number of carbonyl (C=O) groups excluding carboxylic acids is 2. The fraction of sp³-hybridized carbons (Fsp3) is 0.462. The molecule has 1 aromatic carbocycles. The van der Waals surface area contributed by atoms with E-state index in [0.717, 1.165) is 58.2 Å². The maximum absolute atomic E-state index is 13.9. The second-order valence-corrected chi connectivity index (χ2v) is 22.6. The summed E-state index contributed by atoms with van der Waals surface area (Å²) in [4.78, 5) is 112. The zero-order chi connectivity index (χ0) is 56.4. The van der Waals surface area contributed by atoms with Crippen LogP contribution in [0.3, 0.4) is 0 Å². The first-order valence-electron chi connectivity index (χ1n) is 22.6. The molecule has 3 aliphatic heterocycles. The number of fused-ring (bicyclic) bond motifs is 1. The third-order valence-corrected chi connectivity index (χ3v) is 15.6. The van der Waals surface area contributed by atoms with Crippen LogP contribution in [0, 0.1) is 0 Å². The molecule has 35 nitrogen and oxygen atoms in total. The van der Waals surface area contributed by atoms with Crippen LogP contribution in [0.4, 0.5) is 17.6 Å². The number of nitrogens with one attached hydrogen (secondary N) is 3. The number of carbonyl (C=O) groups is 2. The second kappa shape index (κ2) is 24.1. The number of ether oxygens (including phenoxy) is 3. The highest BCUT2D eigenvalue weighted by atomic mass is 32.2. The Bertz CT molecular complexity index is 3340. The van der Waals surface area contributed by atoms with Crippen LogP contribution in [0.5, 0.6) is 0 Å². The van der Waals surface area contributed by atoms with Gasteiger partial charge in [0.05, 0.1) is 32.7 Å². The number of aromatic amines is 1. The molecule has 1 amide bonds. The van der Waals surface area contributed by atoms with Gasteiger partial charge in [-0.05, 0) is 17.7 Å². The van der Waals surface area contributed by atoms with Crippen molar-refractivity contribution in [3.63, 3.8) is 0 Å². The molecule has 3 fully saturated rings. The minimum atomic E-state index is -5.65. The number of aromatic nitrogens is 8. The van der Waals surface area contributed by atoms with Crippen LogP contribution < -0.4 is 38.8 Å². The molecule has 15 atom stereocenters. The number of hydrogen-bond acceptors (Lipinski definition) is 27. The Balaban J connectivity index is 0.970. The van der Waals surface area contributed by atoms with Gasteiger partial charge in [-0.15, -0.1) is 0 Å². The van der Waals surface area contributed by atoms with Crippen molar-refractivity contribution in [1.29, 1.82) is 0 Å². The minimum Gasteiger partial charge on any atom is -0.387 e. The summed E-state index contributed by atoms with van der Waals surface area (Å²) in [6.45, 7) is -2.81. The van der Waals surface area contributed by atoms with E-state index in [-0.39, 0.29) is 28.6 Å². The minimum absolute atomic E-state index is 0.145. The number of benzene rings is 1. The molecule has 0 bridgehead atoms. The number of nitrogens with two attached hydrogens (primary N) is 2. The van der Waals surface area contributed by atoms with E-state index in [9.17, 15) is 72.8 Å². The summed E-state index contributed by atoms with van der Waals surface area (Å²) in [5, 5.41) is 48.4. The maximum Gasteiger partial charge on any atom is 0.472 e. The molecule has 5 aromatic rings. The molecule has 78 heavy (non-hydrogen) atoms. The summed E-state index contributed by atoms with van der Waals surface area (Å²) in [5.74, 6) is -1.11. The van der Waals surface area contributed by atoms with Gasteiger partial charge in [-0.2, -0.15) is 15.0 Å². The van der Waals surface area contributed by atoms with Crippen LogP contribution in [0.15, 0.2) is 75.6 Å². The normalized spacial score (nSPS) is 28.5. The van der Waals surface area contributed by atoms with E-state index in [4.69, 9.17) is 48.3 Å². The highest BCUT2D eigenvalue weighted by Crippen LogP contribution is 2.52. The van der Waals surface area contributed by atoms with E-state index in [1.807, 2.05) is 0 Å². The first kappa shape index (κ1) is 58.6. The van der Waals surface area contributed by atoms with Crippen molar-refractivity contribution >= 4 is 74.9 Å². The number of hydrogen-bond donors (Lipinski definition) is 12. The van der Waals surface area contributed by atoms with Crippen LogP contribution in [0.2, 0.25) is 0 Å². The maximum atomic E-state index is 13.9. The zero-order valence-electron chi connectivity index (χ0n) is 39.9. The number of H-pyrrole nitrogens is 1. The van der Waals surface area contributed by atoms with Crippen LogP contribution in [-0.4, -0.2) is 166 Å². The molecule has 3 saturated heterocycles. The van der Waals surface area contributed by atoms with E-state index in [2.05, 4.69) is 35.3 Å². The van der Waals surface area contributed by atoms with Crippen LogP contribution in [0.1, 0.15) is 31.2 Å². The average molecular weight is 1180 g/mol. The van der Waals surface area contributed by atoms with Crippen LogP contribution in [0.25, 0.3) is 11.2 Å². The molecular formula is C39H49N12O23P3S. The van der Waals surface area contributed by atoms with Gasteiger partial charge in [0.25, 0.3) is 5.56 Å². The van der Waals surface area contributed by atoms with Crippen molar-refractivity contribution in [1.82, 2.24) is 43.7 Å². The lowest BCUT2D eigenvalue weighted by Crippen LogP contribution is -2.38. The van der Waals surface area contributed by atoms with E-state index < -0.39 is 157 Å². The van der Waals surface area contributed by atoms with E-state index >= 15 is 0 Å². The molecule has 0 saturated carbocycles. The molecule has 8 rings (SSSR count). The summed E-state index contributed by atoms with van der Waals surface area (Å²) in [7, 11) is -16.1.